The molecule has 0 bridgehead atoms. The highest BCUT2D eigenvalue weighted by molar-refractivity contribution is 5.57. The Bertz CT molecular complexity index is 673. The molecule has 0 radical (unpaired) electrons. The third kappa shape index (κ3) is 3.80. The molecule has 24 heavy (non-hydrogen) atoms. The summed E-state index contributed by atoms with van der Waals surface area (Å²) in [7, 11) is 0. The third-order valence-electron chi connectivity index (χ3n) is 4.84. The van der Waals surface area contributed by atoms with Gasteiger partial charge in [-0.05, 0) is 49.7 Å². The van der Waals surface area contributed by atoms with E-state index in [1.807, 2.05) is 10.8 Å². The van der Waals surface area contributed by atoms with Crippen molar-refractivity contribution < 1.29 is 18.3 Å². The van der Waals surface area contributed by atoms with Crippen LogP contribution in [0.5, 0.6) is 0 Å². The molecule has 1 aliphatic carbocycles. The molecule has 1 aromatic heterocycles. The van der Waals surface area contributed by atoms with Crippen molar-refractivity contribution in [1.82, 2.24) is 9.55 Å². The number of aliphatic hydroxyl groups is 1. The topological polar surface area (TPSA) is 38.0 Å². The number of hydrogen-bond acceptors (Lipinski definition) is 2. The average molecular weight is 338 g/mol. The van der Waals surface area contributed by atoms with Gasteiger partial charge in [0.15, 0.2) is 0 Å². The Morgan fingerprint density at radius 1 is 1.12 bits per heavy atom. The van der Waals surface area contributed by atoms with Crippen molar-refractivity contribution >= 4 is 0 Å². The Kier molecular flexibility index (Phi) is 4.94. The van der Waals surface area contributed by atoms with E-state index < -0.39 is 11.7 Å². The molecule has 0 atom stereocenters. The highest BCUT2D eigenvalue weighted by Crippen LogP contribution is 2.33. The summed E-state index contributed by atoms with van der Waals surface area (Å²) in [6.45, 7) is 0.997. The smallest absolute Gasteiger partial charge is 0.396 e. The minimum absolute atomic E-state index is 0.243. The Hall–Kier alpha value is -1.82. The van der Waals surface area contributed by atoms with Crippen molar-refractivity contribution in [2.75, 3.05) is 6.61 Å². The maximum absolute atomic E-state index is 12.9. The molecule has 1 fully saturated rings. The number of imidazole rings is 1. The molecular formula is C18H21F3N2O. The van der Waals surface area contributed by atoms with Crippen molar-refractivity contribution in [3.63, 3.8) is 0 Å². The van der Waals surface area contributed by atoms with Crippen molar-refractivity contribution in [2.24, 2.45) is 11.8 Å². The lowest BCUT2D eigenvalue weighted by Crippen LogP contribution is -2.21. The molecular weight excluding hydrogens is 317 g/mol. The number of hydrogen-bond donors (Lipinski definition) is 1. The summed E-state index contributed by atoms with van der Waals surface area (Å²) in [5.41, 5.74) is -0.170. The number of alkyl halides is 3. The molecule has 130 valence electrons. The molecule has 1 N–H and O–H groups in total. The first-order valence-electron chi connectivity index (χ1n) is 8.27. The van der Waals surface area contributed by atoms with Crippen molar-refractivity contribution in [3.05, 3.63) is 42.2 Å². The molecule has 3 nitrogen and oxygen atoms in total. The van der Waals surface area contributed by atoms with Crippen molar-refractivity contribution in [2.45, 2.75) is 38.4 Å². The summed E-state index contributed by atoms with van der Waals surface area (Å²) in [5, 5.41) is 9.21. The minimum Gasteiger partial charge on any atom is -0.396 e. The summed E-state index contributed by atoms with van der Waals surface area (Å²) in [4.78, 5) is 4.26. The van der Waals surface area contributed by atoms with E-state index in [2.05, 4.69) is 4.98 Å². The van der Waals surface area contributed by atoms with E-state index in [9.17, 15) is 18.3 Å². The van der Waals surface area contributed by atoms with Crippen LogP contribution in [-0.4, -0.2) is 21.3 Å². The Morgan fingerprint density at radius 3 is 2.50 bits per heavy atom. The number of benzene rings is 1. The van der Waals surface area contributed by atoms with Crippen LogP contribution in [0.2, 0.25) is 0 Å². The summed E-state index contributed by atoms with van der Waals surface area (Å²) < 4.78 is 40.7. The lowest BCUT2D eigenvalue weighted by atomic mass is 9.82. The number of aliphatic hydroxyl groups excluding tert-OH is 1. The van der Waals surface area contributed by atoms with E-state index in [-0.39, 0.29) is 6.61 Å². The fourth-order valence-corrected chi connectivity index (χ4v) is 3.43. The molecule has 0 unspecified atom stereocenters. The van der Waals surface area contributed by atoms with Crippen LogP contribution >= 0.6 is 0 Å². The second-order valence-corrected chi connectivity index (χ2v) is 6.55. The SMILES string of the molecule is OCC1CCC(Cn2ccnc2-c2cccc(C(F)(F)F)c2)CC1. The van der Waals surface area contributed by atoms with E-state index >= 15 is 0 Å². The number of halogens is 3. The molecule has 6 heteroatoms. The first kappa shape index (κ1) is 17.0. The molecule has 2 aromatic rings. The van der Waals surface area contributed by atoms with Crippen LogP contribution in [-0.2, 0) is 12.7 Å². The lowest BCUT2D eigenvalue weighted by Gasteiger charge is -2.28. The number of rotatable bonds is 4. The highest BCUT2D eigenvalue weighted by atomic mass is 19.4. The van der Waals surface area contributed by atoms with Crippen molar-refractivity contribution in [1.29, 1.82) is 0 Å². The largest absolute Gasteiger partial charge is 0.416 e. The monoisotopic (exact) mass is 338 g/mol. The van der Waals surface area contributed by atoms with Crippen LogP contribution < -0.4 is 0 Å². The van der Waals surface area contributed by atoms with Gasteiger partial charge in [0.1, 0.15) is 5.82 Å². The first-order chi connectivity index (χ1) is 11.5. The molecule has 3 rings (SSSR count). The van der Waals surface area contributed by atoms with Crippen LogP contribution in [0.1, 0.15) is 31.2 Å². The summed E-state index contributed by atoms with van der Waals surface area (Å²) in [6, 6.07) is 5.31. The predicted molar refractivity (Wildman–Crippen MR) is 85.2 cm³/mol. The minimum atomic E-state index is -4.35. The van der Waals surface area contributed by atoms with Gasteiger partial charge in [-0.25, -0.2) is 4.98 Å². The molecule has 1 aromatic carbocycles. The zero-order valence-corrected chi connectivity index (χ0v) is 13.3. The van der Waals surface area contributed by atoms with Crippen LogP contribution in [0, 0.1) is 11.8 Å². The van der Waals surface area contributed by atoms with Gasteiger partial charge in [-0.3, -0.25) is 0 Å². The first-order valence-corrected chi connectivity index (χ1v) is 8.27. The average Bonchev–Trinajstić information content (AvgIpc) is 3.03. The second kappa shape index (κ2) is 6.97. The third-order valence-corrected chi connectivity index (χ3v) is 4.84. The van der Waals surface area contributed by atoms with Crippen LogP contribution in [0.3, 0.4) is 0 Å². The number of aromatic nitrogens is 2. The Balaban J connectivity index is 1.76. The van der Waals surface area contributed by atoms with Gasteiger partial charge in [-0.1, -0.05) is 12.1 Å². The fraction of sp³-hybridized carbons (Fsp3) is 0.500. The Labute approximate surface area is 139 Å². The zero-order chi connectivity index (χ0) is 17.2. The van der Waals surface area contributed by atoms with Crippen LogP contribution in [0.4, 0.5) is 13.2 Å². The normalized spacial score (nSPS) is 21.8. The van der Waals surface area contributed by atoms with Gasteiger partial charge in [-0.15, -0.1) is 0 Å². The fourth-order valence-electron chi connectivity index (χ4n) is 3.43. The van der Waals surface area contributed by atoms with E-state index in [4.69, 9.17) is 0 Å². The van der Waals surface area contributed by atoms with Gasteiger partial charge in [0.05, 0.1) is 5.56 Å². The standard InChI is InChI=1S/C18H21F3N2O/c19-18(20,21)16-3-1-2-15(10-16)17-22-8-9-23(17)11-13-4-6-14(12-24)7-5-13/h1-3,8-10,13-14,24H,4-7,11-12H2. The van der Waals surface area contributed by atoms with Gasteiger partial charge in [-0.2, -0.15) is 13.2 Å². The van der Waals surface area contributed by atoms with Gasteiger partial charge in [0.2, 0.25) is 0 Å². The van der Waals surface area contributed by atoms with E-state index in [0.717, 1.165) is 44.4 Å². The van der Waals surface area contributed by atoms with E-state index in [1.54, 1.807) is 12.3 Å². The van der Waals surface area contributed by atoms with E-state index in [0.29, 0.717) is 23.2 Å². The summed E-state index contributed by atoms with van der Waals surface area (Å²) >= 11 is 0. The highest BCUT2D eigenvalue weighted by Gasteiger charge is 2.30. The molecule has 0 amide bonds. The molecule has 1 saturated carbocycles. The Morgan fingerprint density at radius 2 is 1.83 bits per heavy atom. The quantitative estimate of drug-likeness (QED) is 0.899. The van der Waals surface area contributed by atoms with Crippen LogP contribution in [0.15, 0.2) is 36.7 Å². The van der Waals surface area contributed by atoms with E-state index in [1.165, 1.54) is 6.07 Å². The number of nitrogens with zero attached hydrogens (tertiary/aromatic N) is 2. The van der Waals surface area contributed by atoms with Crippen molar-refractivity contribution in [3.8, 4) is 11.4 Å². The van der Waals surface area contributed by atoms with Gasteiger partial charge < -0.3 is 9.67 Å². The second-order valence-electron chi connectivity index (χ2n) is 6.55. The van der Waals surface area contributed by atoms with Crippen LogP contribution in [0.25, 0.3) is 11.4 Å². The summed E-state index contributed by atoms with van der Waals surface area (Å²) in [5.74, 6) is 1.45. The maximum atomic E-state index is 12.9. The zero-order valence-electron chi connectivity index (χ0n) is 13.3. The van der Waals surface area contributed by atoms with Gasteiger partial charge >= 0.3 is 6.18 Å². The molecule has 0 spiro atoms. The molecule has 0 saturated heterocycles. The lowest BCUT2D eigenvalue weighted by molar-refractivity contribution is -0.137. The van der Waals surface area contributed by atoms with Gasteiger partial charge in [0, 0.05) is 31.1 Å². The molecule has 1 heterocycles. The predicted octanol–water partition coefficient (Wildman–Crippen LogP) is 4.37. The maximum Gasteiger partial charge on any atom is 0.416 e. The molecule has 0 aliphatic heterocycles. The summed E-state index contributed by atoms with van der Waals surface area (Å²) in [6.07, 6.45) is 3.19. The molecule has 1 aliphatic rings. The van der Waals surface area contributed by atoms with Gasteiger partial charge in [0.25, 0.3) is 0 Å².